The van der Waals surface area contributed by atoms with E-state index < -0.39 is 0 Å². The molecule has 4 heteroatoms. The van der Waals surface area contributed by atoms with Gasteiger partial charge in [-0.2, -0.15) is 0 Å². The van der Waals surface area contributed by atoms with Crippen molar-refractivity contribution in [3.05, 3.63) is 65.7 Å². The third-order valence-electron chi connectivity index (χ3n) is 5.42. The Morgan fingerprint density at radius 1 is 1.15 bits per heavy atom. The van der Waals surface area contributed by atoms with Gasteiger partial charge in [0.25, 0.3) is 0 Å². The first kappa shape index (κ1) is 19.2. The number of hydrogen-bond donors (Lipinski definition) is 1. The molecule has 1 aliphatic heterocycles. The van der Waals surface area contributed by atoms with Gasteiger partial charge in [0.15, 0.2) is 0 Å². The van der Waals surface area contributed by atoms with Crippen LogP contribution in [0, 0.1) is 5.92 Å². The molecule has 0 aromatic heterocycles. The molecule has 0 saturated carbocycles. The second-order valence-corrected chi connectivity index (χ2v) is 7.31. The lowest BCUT2D eigenvalue weighted by Gasteiger charge is -2.23. The predicted molar refractivity (Wildman–Crippen MR) is 109 cm³/mol. The second kappa shape index (κ2) is 8.85. The molecule has 2 atom stereocenters. The fourth-order valence-corrected chi connectivity index (χ4v) is 3.69. The van der Waals surface area contributed by atoms with Gasteiger partial charge in [-0.05, 0) is 35.6 Å². The quantitative estimate of drug-likeness (QED) is 0.798. The van der Waals surface area contributed by atoms with Crippen LogP contribution in [0.4, 0.5) is 5.69 Å². The molecule has 4 nitrogen and oxygen atoms in total. The largest absolute Gasteiger partial charge is 0.351 e. The first-order valence-electron chi connectivity index (χ1n) is 9.82. The highest BCUT2D eigenvalue weighted by Crippen LogP contribution is 2.27. The van der Waals surface area contributed by atoms with Gasteiger partial charge in [0.1, 0.15) is 0 Å². The monoisotopic (exact) mass is 364 g/mol. The molecule has 2 aromatic rings. The van der Waals surface area contributed by atoms with E-state index in [4.69, 9.17) is 0 Å². The predicted octanol–water partition coefficient (Wildman–Crippen LogP) is 4.26. The third-order valence-corrected chi connectivity index (χ3v) is 5.42. The zero-order valence-corrected chi connectivity index (χ0v) is 16.2. The van der Waals surface area contributed by atoms with Crippen LogP contribution in [0.15, 0.2) is 54.6 Å². The summed E-state index contributed by atoms with van der Waals surface area (Å²) in [6, 6.07) is 17.9. The summed E-state index contributed by atoms with van der Waals surface area (Å²) in [6.45, 7) is 5.48. The van der Waals surface area contributed by atoms with Crippen molar-refractivity contribution in [1.29, 1.82) is 0 Å². The number of nitrogens with one attached hydrogen (secondary N) is 1. The summed E-state index contributed by atoms with van der Waals surface area (Å²) in [7, 11) is 0. The molecule has 142 valence electrons. The lowest BCUT2D eigenvalue weighted by atomic mass is 9.85. The molecule has 1 N–H and O–H groups in total. The van der Waals surface area contributed by atoms with Gasteiger partial charge in [0.2, 0.25) is 11.8 Å². The van der Waals surface area contributed by atoms with E-state index in [1.54, 1.807) is 0 Å². The van der Waals surface area contributed by atoms with E-state index in [0.29, 0.717) is 13.0 Å². The summed E-state index contributed by atoms with van der Waals surface area (Å²) in [6.07, 6.45) is 2.47. The van der Waals surface area contributed by atoms with E-state index in [1.807, 2.05) is 59.5 Å². The Morgan fingerprint density at radius 3 is 2.59 bits per heavy atom. The average molecular weight is 364 g/mol. The number of hydrogen-bond acceptors (Lipinski definition) is 2. The lowest BCUT2D eigenvalue weighted by Crippen LogP contribution is -2.32. The number of anilines is 1. The van der Waals surface area contributed by atoms with Gasteiger partial charge in [-0.3, -0.25) is 9.59 Å². The van der Waals surface area contributed by atoms with Gasteiger partial charge in [0, 0.05) is 25.2 Å². The fourth-order valence-electron chi connectivity index (χ4n) is 3.69. The van der Waals surface area contributed by atoms with Crippen LogP contribution < -0.4 is 10.2 Å². The minimum atomic E-state index is -0.153. The van der Waals surface area contributed by atoms with Crippen molar-refractivity contribution in [3.8, 4) is 0 Å². The molecular formula is C23H28N2O2. The molecule has 1 aliphatic rings. The van der Waals surface area contributed by atoms with Gasteiger partial charge < -0.3 is 10.2 Å². The van der Waals surface area contributed by atoms with Crippen molar-refractivity contribution in [2.75, 3.05) is 11.4 Å². The number of rotatable bonds is 7. The summed E-state index contributed by atoms with van der Waals surface area (Å²) in [5.74, 6) is 0.343. The SMILES string of the molecule is CCC(C)C(C(=O)NCc1cccc(N2CCCC2=O)c1)c1ccccc1. The first-order valence-corrected chi connectivity index (χ1v) is 9.82. The maximum Gasteiger partial charge on any atom is 0.228 e. The van der Waals surface area contributed by atoms with E-state index in [2.05, 4.69) is 19.2 Å². The van der Waals surface area contributed by atoms with Gasteiger partial charge in [0.05, 0.1) is 5.92 Å². The number of carbonyl (C=O) groups is 2. The van der Waals surface area contributed by atoms with Crippen molar-refractivity contribution < 1.29 is 9.59 Å². The summed E-state index contributed by atoms with van der Waals surface area (Å²) in [5, 5.41) is 3.10. The molecule has 27 heavy (non-hydrogen) atoms. The molecular weight excluding hydrogens is 336 g/mol. The molecule has 0 spiro atoms. The Kier molecular flexibility index (Phi) is 6.28. The zero-order chi connectivity index (χ0) is 19.2. The molecule has 3 rings (SSSR count). The van der Waals surface area contributed by atoms with Crippen LogP contribution in [0.25, 0.3) is 0 Å². The highest BCUT2D eigenvalue weighted by molar-refractivity contribution is 5.95. The summed E-state index contributed by atoms with van der Waals surface area (Å²) in [5.41, 5.74) is 2.99. The molecule has 0 aliphatic carbocycles. The van der Waals surface area contributed by atoms with Crippen LogP contribution in [0.2, 0.25) is 0 Å². The van der Waals surface area contributed by atoms with E-state index in [0.717, 1.165) is 36.2 Å². The lowest BCUT2D eigenvalue weighted by molar-refractivity contribution is -0.124. The van der Waals surface area contributed by atoms with E-state index >= 15 is 0 Å². The van der Waals surface area contributed by atoms with Crippen LogP contribution >= 0.6 is 0 Å². The fraction of sp³-hybridized carbons (Fsp3) is 0.391. The smallest absolute Gasteiger partial charge is 0.228 e. The Balaban J connectivity index is 1.69. The van der Waals surface area contributed by atoms with Gasteiger partial charge in [-0.25, -0.2) is 0 Å². The standard InChI is InChI=1S/C23H28N2O2/c1-3-17(2)22(19-10-5-4-6-11-19)23(27)24-16-18-9-7-12-20(15-18)25-14-8-13-21(25)26/h4-7,9-12,15,17,22H,3,8,13-14,16H2,1-2H3,(H,24,27). The van der Waals surface area contributed by atoms with Crippen LogP contribution in [-0.4, -0.2) is 18.4 Å². The topological polar surface area (TPSA) is 49.4 Å². The van der Waals surface area contributed by atoms with E-state index in [-0.39, 0.29) is 23.7 Å². The molecule has 0 radical (unpaired) electrons. The van der Waals surface area contributed by atoms with Crippen LogP contribution in [0.1, 0.15) is 50.2 Å². The second-order valence-electron chi connectivity index (χ2n) is 7.31. The van der Waals surface area contributed by atoms with E-state index in [9.17, 15) is 9.59 Å². The highest BCUT2D eigenvalue weighted by atomic mass is 16.2. The molecule has 2 amide bonds. The molecule has 2 unspecified atom stereocenters. The van der Waals surface area contributed by atoms with Gasteiger partial charge >= 0.3 is 0 Å². The van der Waals surface area contributed by atoms with Crippen LogP contribution in [0.5, 0.6) is 0 Å². The first-order chi connectivity index (χ1) is 13.1. The molecule has 1 heterocycles. The van der Waals surface area contributed by atoms with Crippen molar-refractivity contribution in [2.24, 2.45) is 5.92 Å². The van der Waals surface area contributed by atoms with Crippen molar-refractivity contribution >= 4 is 17.5 Å². The summed E-state index contributed by atoms with van der Waals surface area (Å²) in [4.78, 5) is 26.7. The highest BCUT2D eigenvalue weighted by Gasteiger charge is 2.26. The van der Waals surface area contributed by atoms with Crippen molar-refractivity contribution in [2.45, 2.75) is 45.6 Å². The molecule has 2 aromatic carbocycles. The van der Waals surface area contributed by atoms with Gasteiger partial charge in [-0.15, -0.1) is 0 Å². The van der Waals surface area contributed by atoms with Crippen molar-refractivity contribution in [3.63, 3.8) is 0 Å². The number of amides is 2. The van der Waals surface area contributed by atoms with Crippen LogP contribution in [0.3, 0.4) is 0 Å². The Morgan fingerprint density at radius 2 is 1.93 bits per heavy atom. The Bertz CT molecular complexity index is 788. The third kappa shape index (κ3) is 4.57. The molecule has 1 fully saturated rings. The number of benzene rings is 2. The van der Waals surface area contributed by atoms with E-state index in [1.165, 1.54) is 0 Å². The summed E-state index contributed by atoms with van der Waals surface area (Å²) >= 11 is 0. The number of nitrogens with zero attached hydrogens (tertiary/aromatic N) is 1. The van der Waals surface area contributed by atoms with Crippen molar-refractivity contribution in [1.82, 2.24) is 5.32 Å². The molecule has 0 bridgehead atoms. The summed E-state index contributed by atoms with van der Waals surface area (Å²) < 4.78 is 0. The number of carbonyl (C=O) groups excluding carboxylic acids is 2. The van der Waals surface area contributed by atoms with Crippen LogP contribution in [-0.2, 0) is 16.1 Å². The minimum Gasteiger partial charge on any atom is -0.351 e. The Hall–Kier alpha value is -2.62. The normalized spacial score (nSPS) is 16.2. The minimum absolute atomic E-state index is 0.0539. The average Bonchev–Trinajstić information content (AvgIpc) is 3.13. The Labute approximate surface area is 161 Å². The molecule has 1 saturated heterocycles. The maximum absolute atomic E-state index is 12.9. The zero-order valence-electron chi connectivity index (χ0n) is 16.2. The maximum atomic E-state index is 12.9. The van der Waals surface area contributed by atoms with Gasteiger partial charge in [-0.1, -0.05) is 62.7 Å².